The number of H-pyrrole nitrogens is 1. The van der Waals surface area contributed by atoms with Gasteiger partial charge in [-0.1, -0.05) is 13.8 Å². The van der Waals surface area contributed by atoms with E-state index in [-0.39, 0.29) is 5.95 Å². The third-order valence-corrected chi connectivity index (χ3v) is 3.45. The van der Waals surface area contributed by atoms with Crippen LogP contribution in [0, 0.1) is 0 Å². The van der Waals surface area contributed by atoms with E-state index in [4.69, 9.17) is 5.73 Å². The Morgan fingerprint density at radius 2 is 2.05 bits per heavy atom. The van der Waals surface area contributed by atoms with Gasteiger partial charge in [-0.05, 0) is 12.8 Å². The van der Waals surface area contributed by atoms with Crippen LogP contribution in [0.2, 0.25) is 0 Å². The molecule has 7 heteroatoms. The Labute approximate surface area is 116 Å². The molecule has 0 spiro atoms. The fourth-order valence-corrected chi connectivity index (χ4v) is 2.58. The van der Waals surface area contributed by atoms with E-state index in [2.05, 4.69) is 38.9 Å². The summed E-state index contributed by atoms with van der Waals surface area (Å²) in [6.07, 6.45) is 3.32. The van der Waals surface area contributed by atoms with E-state index in [0.29, 0.717) is 5.65 Å². The van der Waals surface area contributed by atoms with Crippen LogP contribution in [0.3, 0.4) is 0 Å². The SMILES string of the molecule is CCc1nn(C)c(CC)c1-c1nc(N)nc2nc[nH]c12. The largest absolute Gasteiger partial charge is 0.368 e. The van der Waals surface area contributed by atoms with Crippen LogP contribution in [-0.2, 0) is 19.9 Å². The number of aromatic nitrogens is 6. The van der Waals surface area contributed by atoms with Crippen molar-refractivity contribution in [3.8, 4) is 11.3 Å². The van der Waals surface area contributed by atoms with Gasteiger partial charge in [-0.2, -0.15) is 10.1 Å². The van der Waals surface area contributed by atoms with Gasteiger partial charge in [-0.3, -0.25) is 4.68 Å². The molecule has 0 amide bonds. The maximum Gasteiger partial charge on any atom is 0.222 e. The van der Waals surface area contributed by atoms with Crippen LogP contribution in [0.15, 0.2) is 6.33 Å². The lowest BCUT2D eigenvalue weighted by Crippen LogP contribution is -2.01. The Balaban J connectivity index is 2.38. The molecule has 0 bridgehead atoms. The van der Waals surface area contributed by atoms with Gasteiger partial charge >= 0.3 is 0 Å². The Hall–Kier alpha value is -2.44. The van der Waals surface area contributed by atoms with Gasteiger partial charge in [0.1, 0.15) is 11.2 Å². The molecular formula is C13H17N7. The maximum atomic E-state index is 5.81. The van der Waals surface area contributed by atoms with E-state index in [9.17, 15) is 0 Å². The molecule has 0 atom stereocenters. The minimum atomic E-state index is 0.229. The summed E-state index contributed by atoms with van der Waals surface area (Å²) in [5.41, 5.74) is 11.2. The maximum absolute atomic E-state index is 5.81. The predicted molar refractivity (Wildman–Crippen MR) is 77.1 cm³/mol. The lowest BCUT2D eigenvalue weighted by molar-refractivity contribution is 0.705. The molecule has 7 nitrogen and oxygen atoms in total. The van der Waals surface area contributed by atoms with Crippen molar-refractivity contribution in [2.45, 2.75) is 26.7 Å². The zero-order valence-corrected chi connectivity index (χ0v) is 11.8. The second-order valence-corrected chi connectivity index (χ2v) is 4.63. The van der Waals surface area contributed by atoms with Gasteiger partial charge < -0.3 is 10.7 Å². The average Bonchev–Trinajstić information content (AvgIpc) is 3.01. The first-order valence-corrected chi connectivity index (χ1v) is 6.67. The second-order valence-electron chi connectivity index (χ2n) is 4.63. The molecule has 3 N–H and O–H groups in total. The average molecular weight is 271 g/mol. The number of nitrogens with one attached hydrogen (secondary N) is 1. The molecular weight excluding hydrogens is 254 g/mol. The van der Waals surface area contributed by atoms with Gasteiger partial charge in [0.25, 0.3) is 0 Å². The molecule has 0 radical (unpaired) electrons. The monoisotopic (exact) mass is 271 g/mol. The first-order chi connectivity index (χ1) is 9.65. The molecule has 3 rings (SSSR count). The molecule has 0 saturated heterocycles. The van der Waals surface area contributed by atoms with Crippen LogP contribution in [0.4, 0.5) is 5.95 Å². The van der Waals surface area contributed by atoms with Crippen molar-refractivity contribution >= 4 is 17.1 Å². The second kappa shape index (κ2) is 4.59. The highest BCUT2D eigenvalue weighted by Gasteiger charge is 2.20. The summed E-state index contributed by atoms with van der Waals surface area (Å²) < 4.78 is 1.91. The first kappa shape index (κ1) is 12.6. The minimum absolute atomic E-state index is 0.229. The number of nitrogens with two attached hydrogens (primary N) is 1. The molecule has 0 saturated carbocycles. The molecule has 0 aliphatic carbocycles. The number of aromatic amines is 1. The zero-order chi connectivity index (χ0) is 14.3. The van der Waals surface area contributed by atoms with Crippen molar-refractivity contribution in [2.24, 2.45) is 7.05 Å². The third-order valence-electron chi connectivity index (χ3n) is 3.45. The highest BCUT2D eigenvalue weighted by Crippen LogP contribution is 2.31. The number of hydrogen-bond donors (Lipinski definition) is 2. The fourth-order valence-electron chi connectivity index (χ4n) is 2.58. The summed E-state index contributed by atoms with van der Waals surface area (Å²) in [5.74, 6) is 0.229. The zero-order valence-electron chi connectivity index (χ0n) is 11.8. The molecule has 3 heterocycles. The van der Waals surface area contributed by atoms with Gasteiger partial charge in [0.15, 0.2) is 5.65 Å². The van der Waals surface area contributed by atoms with Gasteiger partial charge in [0.2, 0.25) is 5.95 Å². The Kier molecular flexibility index (Phi) is 2.89. The summed E-state index contributed by atoms with van der Waals surface area (Å²) in [6, 6.07) is 0. The van der Waals surface area contributed by atoms with E-state index in [0.717, 1.165) is 41.0 Å². The fraction of sp³-hybridized carbons (Fsp3) is 0.385. The number of nitrogens with zero attached hydrogens (tertiary/aromatic N) is 5. The standard InChI is InChI=1S/C13H17N7/c1-4-7-9(8(5-2)20(3)19-7)10-11-12(16-6-15-11)18-13(14)17-10/h6H,4-5H2,1-3H3,(H3,14,15,16,17,18). The van der Waals surface area contributed by atoms with Gasteiger partial charge in [0, 0.05) is 18.3 Å². The highest BCUT2D eigenvalue weighted by atomic mass is 15.3. The van der Waals surface area contributed by atoms with Crippen molar-refractivity contribution < 1.29 is 0 Å². The summed E-state index contributed by atoms with van der Waals surface area (Å²) in [4.78, 5) is 15.8. The third kappa shape index (κ3) is 1.74. The van der Waals surface area contributed by atoms with Gasteiger partial charge in [-0.25, -0.2) is 9.97 Å². The van der Waals surface area contributed by atoms with Crippen LogP contribution >= 0.6 is 0 Å². The Morgan fingerprint density at radius 1 is 1.25 bits per heavy atom. The molecule has 3 aromatic heterocycles. The number of anilines is 1. The molecule has 0 aliphatic heterocycles. The first-order valence-electron chi connectivity index (χ1n) is 6.67. The van der Waals surface area contributed by atoms with E-state index in [1.165, 1.54) is 0 Å². The van der Waals surface area contributed by atoms with Crippen molar-refractivity contribution in [1.82, 2.24) is 29.7 Å². The normalized spacial score (nSPS) is 11.3. The molecule has 0 unspecified atom stereocenters. The molecule has 0 fully saturated rings. The van der Waals surface area contributed by atoms with Crippen LogP contribution in [0.5, 0.6) is 0 Å². The van der Waals surface area contributed by atoms with Crippen LogP contribution in [0.1, 0.15) is 25.2 Å². The summed E-state index contributed by atoms with van der Waals surface area (Å²) in [5, 5.41) is 4.58. The van der Waals surface area contributed by atoms with Crippen molar-refractivity contribution in [3.05, 3.63) is 17.7 Å². The number of aryl methyl sites for hydroxylation is 2. The molecule has 0 aliphatic rings. The molecule has 0 aromatic carbocycles. The van der Waals surface area contributed by atoms with E-state index in [1.54, 1.807) is 6.33 Å². The minimum Gasteiger partial charge on any atom is -0.368 e. The van der Waals surface area contributed by atoms with Gasteiger partial charge in [0.05, 0.1) is 12.0 Å². The number of rotatable bonds is 3. The Morgan fingerprint density at radius 3 is 2.75 bits per heavy atom. The van der Waals surface area contributed by atoms with E-state index in [1.807, 2.05) is 11.7 Å². The molecule has 104 valence electrons. The van der Waals surface area contributed by atoms with E-state index < -0.39 is 0 Å². The smallest absolute Gasteiger partial charge is 0.222 e. The number of nitrogen functional groups attached to an aromatic ring is 1. The van der Waals surface area contributed by atoms with Gasteiger partial charge in [-0.15, -0.1) is 0 Å². The topological polar surface area (TPSA) is 98.3 Å². The predicted octanol–water partition coefficient (Wildman–Crippen LogP) is 1.46. The van der Waals surface area contributed by atoms with Crippen LogP contribution < -0.4 is 5.73 Å². The molecule has 20 heavy (non-hydrogen) atoms. The number of fused-ring (bicyclic) bond motifs is 1. The lowest BCUT2D eigenvalue weighted by atomic mass is 10.0. The van der Waals surface area contributed by atoms with Crippen molar-refractivity contribution in [3.63, 3.8) is 0 Å². The molecule has 3 aromatic rings. The highest BCUT2D eigenvalue weighted by molar-refractivity contribution is 5.89. The lowest BCUT2D eigenvalue weighted by Gasteiger charge is -2.06. The summed E-state index contributed by atoms with van der Waals surface area (Å²) >= 11 is 0. The Bertz CT molecular complexity index is 768. The number of imidazole rings is 1. The number of hydrogen-bond acceptors (Lipinski definition) is 5. The van der Waals surface area contributed by atoms with Crippen molar-refractivity contribution in [1.29, 1.82) is 0 Å². The summed E-state index contributed by atoms with van der Waals surface area (Å²) in [7, 11) is 1.95. The van der Waals surface area contributed by atoms with Crippen LogP contribution in [0.25, 0.3) is 22.4 Å². The summed E-state index contributed by atoms with van der Waals surface area (Å²) in [6.45, 7) is 4.19. The van der Waals surface area contributed by atoms with Crippen LogP contribution in [-0.4, -0.2) is 29.7 Å². The van der Waals surface area contributed by atoms with Crippen molar-refractivity contribution in [2.75, 3.05) is 5.73 Å². The van der Waals surface area contributed by atoms with E-state index >= 15 is 0 Å². The quantitative estimate of drug-likeness (QED) is 0.751.